The molecule has 7 atom stereocenters. The van der Waals surface area contributed by atoms with Gasteiger partial charge in [0.25, 0.3) is 0 Å². The van der Waals surface area contributed by atoms with Gasteiger partial charge in [0.05, 0.1) is 0 Å². The fraction of sp³-hybridized carbons (Fsp3) is 0.739. The highest BCUT2D eigenvalue weighted by molar-refractivity contribution is 6.01. The van der Waals surface area contributed by atoms with E-state index in [1.807, 2.05) is 13.0 Å². The summed E-state index contributed by atoms with van der Waals surface area (Å²) in [6.07, 6.45) is 11.6. The Labute approximate surface area is 152 Å². The van der Waals surface area contributed by atoms with Gasteiger partial charge >= 0.3 is 0 Å². The van der Waals surface area contributed by atoms with Crippen LogP contribution in [0.1, 0.15) is 66.7 Å². The van der Waals surface area contributed by atoms with Crippen LogP contribution in [0.15, 0.2) is 23.8 Å². The lowest BCUT2D eigenvalue weighted by Gasteiger charge is -2.58. The molecule has 0 heterocycles. The number of ketones is 2. The maximum Gasteiger partial charge on any atom is 0.178 e. The lowest BCUT2D eigenvalue weighted by molar-refractivity contribution is -0.140. The van der Waals surface area contributed by atoms with Gasteiger partial charge in [0.1, 0.15) is 5.78 Å². The lowest BCUT2D eigenvalue weighted by Crippen LogP contribution is -2.53. The van der Waals surface area contributed by atoms with Crippen molar-refractivity contribution in [3.8, 4) is 0 Å². The van der Waals surface area contributed by atoms with Crippen molar-refractivity contribution in [3.63, 3.8) is 0 Å². The topological polar surface area (TPSA) is 34.1 Å². The van der Waals surface area contributed by atoms with Crippen LogP contribution in [-0.4, -0.2) is 11.6 Å². The second kappa shape index (κ2) is 5.18. The van der Waals surface area contributed by atoms with Crippen LogP contribution in [0, 0.1) is 39.9 Å². The van der Waals surface area contributed by atoms with Gasteiger partial charge in [-0.2, -0.15) is 0 Å². The van der Waals surface area contributed by atoms with Crippen molar-refractivity contribution in [2.75, 3.05) is 0 Å². The molecule has 0 aromatic carbocycles. The molecule has 4 aliphatic carbocycles. The molecule has 25 heavy (non-hydrogen) atoms. The smallest absolute Gasteiger partial charge is 0.178 e. The first-order valence-electron chi connectivity index (χ1n) is 10.1. The van der Waals surface area contributed by atoms with E-state index < -0.39 is 0 Å². The number of carbonyl (C=O) groups is 2. The Bertz CT molecular complexity index is 701. The van der Waals surface area contributed by atoms with Crippen molar-refractivity contribution < 1.29 is 9.59 Å². The summed E-state index contributed by atoms with van der Waals surface area (Å²) in [6.45, 7) is 11.1. The molecule has 0 spiro atoms. The van der Waals surface area contributed by atoms with E-state index in [2.05, 4.69) is 33.8 Å². The first kappa shape index (κ1) is 17.2. The Kier molecular flexibility index (Phi) is 3.57. The highest BCUT2D eigenvalue weighted by atomic mass is 16.1. The van der Waals surface area contributed by atoms with Crippen LogP contribution in [0.2, 0.25) is 0 Å². The average molecular weight is 341 g/mol. The molecule has 4 aliphatic rings. The SMILES string of the molecule is CC(=O)[C@@]1(C)[C@H](C)CC2C3CCC4=CC(=O)C=CC4(C)C3CCC21C. The number of allylic oxidation sites excluding steroid dienone is 4. The molecule has 2 nitrogen and oxygen atoms in total. The number of fused-ring (bicyclic) bond motifs is 5. The van der Waals surface area contributed by atoms with Crippen molar-refractivity contribution in [1.29, 1.82) is 0 Å². The number of hydrogen-bond acceptors (Lipinski definition) is 2. The van der Waals surface area contributed by atoms with E-state index in [9.17, 15) is 9.59 Å². The zero-order valence-electron chi connectivity index (χ0n) is 16.4. The molecule has 0 radical (unpaired) electrons. The van der Waals surface area contributed by atoms with Gasteiger partial charge in [-0.3, -0.25) is 9.59 Å². The standard InChI is InChI=1S/C23H32O2/c1-14-12-20-18-7-6-16-13-17(25)8-10-21(16,3)19(18)9-11-22(20,4)23(14,5)15(2)24/h8,10,13-14,18-20H,6-7,9,11-12H2,1-5H3/t14-,18?,19?,20?,21?,22?,23-/m1/s1. The zero-order chi connectivity index (χ0) is 18.2. The van der Waals surface area contributed by atoms with Gasteiger partial charge in [0, 0.05) is 10.8 Å². The van der Waals surface area contributed by atoms with E-state index in [0.29, 0.717) is 29.5 Å². The predicted molar refractivity (Wildman–Crippen MR) is 100.0 cm³/mol. The van der Waals surface area contributed by atoms with E-state index in [1.54, 1.807) is 6.08 Å². The van der Waals surface area contributed by atoms with Gasteiger partial charge in [0.2, 0.25) is 0 Å². The minimum Gasteiger partial charge on any atom is -0.299 e. The van der Waals surface area contributed by atoms with E-state index >= 15 is 0 Å². The van der Waals surface area contributed by atoms with Crippen molar-refractivity contribution in [2.24, 2.45) is 39.9 Å². The van der Waals surface area contributed by atoms with Crippen LogP contribution < -0.4 is 0 Å². The molecule has 0 N–H and O–H groups in total. The predicted octanol–water partition coefficient (Wildman–Crippen LogP) is 5.14. The van der Waals surface area contributed by atoms with Gasteiger partial charge in [-0.25, -0.2) is 0 Å². The molecule has 0 amide bonds. The molecule has 0 bridgehead atoms. The Balaban J connectivity index is 1.74. The van der Waals surface area contributed by atoms with E-state index in [1.165, 1.54) is 24.8 Å². The second-order valence-corrected chi connectivity index (χ2v) is 9.95. The minimum atomic E-state index is -0.183. The number of carbonyl (C=O) groups excluding carboxylic acids is 2. The summed E-state index contributed by atoms with van der Waals surface area (Å²) in [4.78, 5) is 24.5. The Morgan fingerprint density at radius 3 is 2.56 bits per heavy atom. The molecule has 5 unspecified atom stereocenters. The summed E-state index contributed by atoms with van der Waals surface area (Å²) in [5, 5.41) is 0. The first-order chi connectivity index (χ1) is 11.6. The Morgan fingerprint density at radius 2 is 1.88 bits per heavy atom. The van der Waals surface area contributed by atoms with Gasteiger partial charge < -0.3 is 0 Å². The average Bonchev–Trinajstić information content (AvgIpc) is 2.77. The van der Waals surface area contributed by atoms with Crippen LogP contribution in [-0.2, 0) is 9.59 Å². The molecule has 4 rings (SSSR count). The van der Waals surface area contributed by atoms with E-state index in [-0.39, 0.29) is 22.0 Å². The first-order valence-corrected chi connectivity index (χ1v) is 10.1. The van der Waals surface area contributed by atoms with Crippen LogP contribution in [0.3, 0.4) is 0 Å². The van der Waals surface area contributed by atoms with Crippen LogP contribution in [0.25, 0.3) is 0 Å². The van der Waals surface area contributed by atoms with Gasteiger partial charge in [-0.1, -0.05) is 39.3 Å². The van der Waals surface area contributed by atoms with Crippen LogP contribution in [0.4, 0.5) is 0 Å². The normalized spacial score (nSPS) is 51.4. The maximum absolute atomic E-state index is 12.7. The molecule has 2 heteroatoms. The summed E-state index contributed by atoms with van der Waals surface area (Å²) in [6, 6.07) is 0. The second-order valence-electron chi connectivity index (χ2n) is 9.95. The summed E-state index contributed by atoms with van der Waals surface area (Å²) in [7, 11) is 0. The monoisotopic (exact) mass is 340 g/mol. The third-order valence-electron chi connectivity index (χ3n) is 9.46. The minimum absolute atomic E-state index is 0.0522. The summed E-state index contributed by atoms with van der Waals surface area (Å²) < 4.78 is 0. The van der Waals surface area contributed by atoms with Gasteiger partial charge in [-0.15, -0.1) is 0 Å². The molecule has 0 aliphatic heterocycles. The summed E-state index contributed by atoms with van der Waals surface area (Å²) >= 11 is 0. The van der Waals surface area contributed by atoms with Gasteiger partial charge in [0.15, 0.2) is 5.78 Å². The third kappa shape index (κ3) is 1.97. The molecular formula is C23H32O2. The molecule has 136 valence electrons. The zero-order valence-corrected chi connectivity index (χ0v) is 16.4. The van der Waals surface area contributed by atoms with Crippen LogP contribution >= 0.6 is 0 Å². The molecule has 3 saturated carbocycles. The fourth-order valence-electron chi connectivity index (χ4n) is 7.53. The Morgan fingerprint density at radius 1 is 1.16 bits per heavy atom. The molecule has 0 aromatic heterocycles. The van der Waals surface area contributed by atoms with Gasteiger partial charge in [-0.05, 0) is 80.3 Å². The van der Waals surface area contributed by atoms with E-state index in [4.69, 9.17) is 0 Å². The highest BCUT2D eigenvalue weighted by Gasteiger charge is 2.66. The van der Waals surface area contributed by atoms with Crippen LogP contribution in [0.5, 0.6) is 0 Å². The quantitative estimate of drug-likeness (QED) is 0.662. The molecule has 3 fully saturated rings. The maximum atomic E-state index is 12.7. The Hall–Kier alpha value is -1.18. The number of Topliss-reactive ketones (excluding diaryl/α,β-unsaturated/α-hetero) is 1. The van der Waals surface area contributed by atoms with Crippen molar-refractivity contribution >= 4 is 11.6 Å². The molecular weight excluding hydrogens is 308 g/mol. The lowest BCUT2D eigenvalue weighted by atomic mass is 9.45. The summed E-state index contributed by atoms with van der Waals surface area (Å²) in [5.41, 5.74) is 1.35. The summed E-state index contributed by atoms with van der Waals surface area (Å²) in [5.74, 6) is 2.95. The molecule has 0 aromatic rings. The third-order valence-corrected chi connectivity index (χ3v) is 9.46. The number of rotatable bonds is 1. The van der Waals surface area contributed by atoms with Crippen molar-refractivity contribution in [2.45, 2.75) is 66.7 Å². The highest BCUT2D eigenvalue weighted by Crippen LogP contribution is 2.70. The number of hydrogen-bond donors (Lipinski definition) is 0. The van der Waals surface area contributed by atoms with Crippen molar-refractivity contribution in [1.82, 2.24) is 0 Å². The molecule has 0 saturated heterocycles. The fourth-order valence-corrected chi connectivity index (χ4v) is 7.53. The van der Waals surface area contributed by atoms with Crippen molar-refractivity contribution in [3.05, 3.63) is 23.8 Å². The van der Waals surface area contributed by atoms with E-state index in [0.717, 1.165) is 12.8 Å². The largest absolute Gasteiger partial charge is 0.299 e.